The van der Waals surface area contributed by atoms with Crippen molar-refractivity contribution in [1.82, 2.24) is 9.78 Å². The standard InChI is InChI=1S/C21H20F3N3O2/c1-3-11-29-19-10-9-15(21(22,23)24)12-18(19)26-20(28)17-13-25-27(14(17)2)16-7-5-4-6-8-16/h4-10,12-13H,3,11H2,1-2H3,(H,26,28). The van der Waals surface area contributed by atoms with Crippen LogP contribution < -0.4 is 10.1 Å². The van der Waals surface area contributed by atoms with Gasteiger partial charge in [0, 0.05) is 0 Å². The lowest BCUT2D eigenvalue weighted by Crippen LogP contribution is -2.15. The molecule has 0 aliphatic heterocycles. The summed E-state index contributed by atoms with van der Waals surface area (Å²) in [6.45, 7) is 3.92. The van der Waals surface area contributed by atoms with Crippen LogP contribution >= 0.6 is 0 Å². The molecule has 1 aromatic heterocycles. The van der Waals surface area contributed by atoms with E-state index in [1.807, 2.05) is 37.3 Å². The number of anilines is 1. The van der Waals surface area contributed by atoms with Crippen molar-refractivity contribution < 1.29 is 22.7 Å². The number of carbonyl (C=O) groups excluding carboxylic acids is 1. The fourth-order valence-corrected chi connectivity index (χ4v) is 2.79. The number of ether oxygens (including phenoxy) is 1. The lowest BCUT2D eigenvalue weighted by Gasteiger charge is -2.15. The first-order chi connectivity index (χ1) is 13.8. The third kappa shape index (κ3) is 4.59. The molecule has 3 rings (SSSR count). The number of halogens is 3. The quantitative estimate of drug-likeness (QED) is 0.612. The van der Waals surface area contributed by atoms with Crippen molar-refractivity contribution in [2.24, 2.45) is 0 Å². The Morgan fingerprint density at radius 2 is 1.90 bits per heavy atom. The zero-order valence-electron chi connectivity index (χ0n) is 16.0. The fourth-order valence-electron chi connectivity index (χ4n) is 2.79. The van der Waals surface area contributed by atoms with E-state index < -0.39 is 17.6 Å². The third-order valence-electron chi connectivity index (χ3n) is 4.27. The molecule has 0 saturated heterocycles. The average Bonchev–Trinajstić information content (AvgIpc) is 3.08. The Bertz CT molecular complexity index is 998. The molecular formula is C21H20F3N3O2. The number of para-hydroxylation sites is 1. The van der Waals surface area contributed by atoms with E-state index in [9.17, 15) is 18.0 Å². The van der Waals surface area contributed by atoms with Crippen molar-refractivity contribution in [3.63, 3.8) is 0 Å². The number of benzene rings is 2. The van der Waals surface area contributed by atoms with Crippen molar-refractivity contribution in [1.29, 1.82) is 0 Å². The summed E-state index contributed by atoms with van der Waals surface area (Å²) in [5.74, 6) is -0.383. The molecule has 0 unspecified atom stereocenters. The van der Waals surface area contributed by atoms with E-state index in [4.69, 9.17) is 4.74 Å². The van der Waals surface area contributed by atoms with Gasteiger partial charge in [0.15, 0.2) is 0 Å². The Morgan fingerprint density at radius 1 is 1.17 bits per heavy atom. The van der Waals surface area contributed by atoms with Gasteiger partial charge in [0.1, 0.15) is 5.75 Å². The van der Waals surface area contributed by atoms with Crippen LogP contribution in [0.3, 0.4) is 0 Å². The lowest BCUT2D eigenvalue weighted by atomic mass is 10.1. The van der Waals surface area contributed by atoms with E-state index in [-0.39, 0.29) is 17.0 Å². The second-order valence-corrected chi connectivity index (χ2v) is 6.40. The minimum atomic E-state index is -4.53. The van der Waals surface area contributed by atoms with Gasteiger partial charge in [-0.05, 0) is 43.7 Å². The summed E-state index contributed by atoms with van der Waals surface area (Å²) in [6.07, 6.45) is -2.47. The van der Waals surface area contributed by atoms with Gasteiger partial charge < -0.3 is 10.1 Å². The van der Waals surface area contributed by atoms with Crippen molar-refractivity contribution >= 4 is 11.6 Å². The summed E-state index contributed by atoms with van der Waals surface area (Å²) in [6, 6.07) is 12.2. The molecule has 0 saturated carbocycles. The van der Waals surface area contributed by atoms with E-state index in [1.54, 1.807) is 11.6 Å². The largest absolute Gasteiger partial charge is 0.491 e. The molecule has 29 heavy (non-hydrogen) atoms. The highest BCUT2D eigenvalue weighted by Crippen LogP contribution is 2.35. The first-order valence-corrected chi connectivity index (χ1v) is 9.06. The minimum Gasteiger partial charge on any atom is -0.491 e. The number of nitrogens with one attached hydrogen (secondary N) is 1. The number of hydrogen-bond donors (Lipinski definition) is 1. The van der Waals surface area contributed by atoms with E-state index in [0.717, 1.165) is 17.8 Å². The maximum Gasteiger partial charge on any atom is 0.416 e. The molecular weight excluding hydrogens is 383 g/mol. The van der Waals surface area contributed by atoms with Crippen molar-refractivity contribution in [2.75, 3.05) is 11.9 Å². The van der Waals surface area contributed by atoms with Gasteiger partial charge in [-0.3, -0.25) is 4.79 Å². The van der Waals surface area contributed by atoms with E-state index in [2.05, 4.69) is 10.4 Å². The first kappa shape index (κ1) is 20.4. The zero-order chi connectivity index (χ0) is 21.0. The van der Waals surface area contributed by atoms with Crippen LogP contribution in [0.5, 0.6) is 5.75 Å². The summed E-state index contributed by atoms with van der Waals surface area (Å²) in [4.78, 5) is 12.8. The molecule has 1 amide bonds. The lowest BCUT2D eigenvalue weighted by molar-refractivity contribution is -0.137. The molecule has 0 spiro atoms. The molecule has 1 N–H and O–H groups in total. The number of carbonyl (C=O) groups is 1. The first-order valence-electron chi connectivity index (χ1n) is 9.06. The maximum absolute atomic E-state index is 13.1. The molecule has 0 fully saturated rings. The number of rotatable bonds is 6. The number of alkyl halides is 3. The van der Waals surface area contributed by atoms with Crippen molar-refractivity contribution in [2.45, 2.75) is 26.4 Å². The van der Waals surface area contributed by atoms with Gasteiger partial charge in [-0.15, -0.1) is 0 Å². The third-order valence-corrected chi connectivity index (χ3v) is 4.27. The molecule has 1 heterocycles. The monoisotopic (exact) mass is 403 g/mol. The Morgan fingerprint density at radius 3 is 2.55 bits per heavy atom. The van der Waals surface area contributed by atoms with Crippen LogP contribution in [0, 0.1) is 6.92 Å². The highest BCUT2D eigenvalue weighted by Gasteiger charge is 2.31. The molecule has 0 atom stereocenters. The molecule has 8 heteroatoms. The van der Waals surface area contributed by atoms with Gasteiger partial charge in [-0.2, -0.15) is 18.3 Å². The SMILES string of the molecule is CCCOc1ccc(C(F)(F)F)cc1NC(=O)c1cnn(-c2ccccc2)c1C. The van der Waals surface area contributed by atoms with Crippen LogP contribution in [-0.4, -0.2) is 22.3 Å². The molecule has 5 nitrogen and oxygen atoms in total. The molecule has 0 aliphatic carbocycles. The predicted molar refractivity (Wildman–Crippen MR) is 103 cm³/mol. The zero-order valence-corrected chi connectivity index (χ0v) is 16.0. The Kier molecular flexibility index (Phi) is 5.91. The van der Waals surface area contributed by atoms with Crippen LogP contribution in [0.15, 0.2) is 54.7 Å². The normalized spacial score (nSPS) is 11.3. The van der Waals surface area contributed by atoms with Gasteiger partial charge in [-0.1, -0.05) is 25.1 Å². The summed E-state index contributed by atoms with van der Waals surface area (Å²) in [7, 11) is 0. The van der Waals surface area contributed by atoms with Crippen LogP contribution in [0.25, 0.3) is 5.69 Å². The van der Waals surface area contributed by atoms with Crippen LogP contribution in [0.1, 0.15) is 35.0 Å². The van der Waals surface area contributed by atoms with E-state index in [1.165, 1.54) is 12.3 Å². The molecule has 0 aliphatic rings. The second-order valence-electron chi connectivity index (χ2n) is 6.40. The topological polar surface area (TPSA) is 56.1 Å². The van der Waals surface area contributed by atoms with Gasteiger partial charge >= 0.3 is 6.18 Å². The van der Waals surface area contributed by atoms with Gasteiger partial charge in [0.2, 0.25) is 0 Å². The van der Waals surface area contributed by atoms with Gasteiger partial charge in [0.25, 0.3) is 5.91 Å². The number of amides is 1. The summed E-state index contributed by atoms with van der Waals surface area (Å²) < 4.78 is 46.4. The number of hydrogen-bond acceptors (Lipinski definition) is 3. The Hall–Kier alpha value is -3.29. The Labute approximate surface area is 166 Å². The highest BCUT2D eigenvalue weighted by molar-refractivity contribution is 6.05. The van der Waals surface area contributed by atoms with Gasteiger partial charge in [0.05, 0.1) is 41.0 Å². The summed E-state index contributed by atoms with van der Waals surface area (Å²) in [5.41, 5.74) is 0.693. The minimum absolute atomic E-state index is 0.0369. The molecule has 152 valence electrons. The van der Waals surface area contributed by atoms with E-state index >= 15 is 0 Å². The maximum atomic E-state index is 13.1. The summed E-state index contributed by atoms with van der Waals surface area (Å²) >= 11 is 0. The average molecular weight is 403 g/mol. The highest BCUT2D eigenvalue weighted by atomic mass is 19.4. The molecule has 3 aromatic rings. The van der Waals surface area contributed by atoms with Gasteiger partial charge in [-0.25, -0.2) is 4.68 Å². The molecule has 0 bridgehead atoms. The van der Waals surface area contributed by atoms with Crippen molar-refractivity contribution in [3.8, 4) is 11.4 Å². The fraction of sp³-hybridized carbons (Fsp3) is 0.238. The number of nitrogens with zero attached hydrogens (tertiary/aromatic N) is 2. The van der Waals surface area contributed by atoms with Crippen LogP contribution in [-0.2, 0) is 6.18 Å². The predicted octanol–water partition coefficient (Wildman–Crippen LogP) is 5.24. The molecule has 2 aromatic carbocycles. The number of aromatic nitrogens is 2. The van der Waals surface area contributed by atoms with Crippen molar-refractivity contribution in [3.05, 3.63) is 71.5 Å². The molecule has 0 radical (unpaired) electrons. The van der Waals surface area contributed by atoms with Crippen LogP contribution in [0.4, 0.5) is 18.9 Å². The van der Waals surface area contributed by atoms with Crippen LogP contribution in [0.2, 0.25) is 0 Å². The Balaban J connectivity index is 1.91. The smallest absolute Gasteiger partial charge is 0.416 e. The summed E-state index contributed by atoms with van der Waals surface area (Å²) in [5, 5.41) is 6.76. The van der Waals surface area contributed by atoms with E-state index in [0.29, 0.717) is 18.7 Å². The second kappa shape index (κ2) is 8.38.